The highest BCUT2D eigenvalue weighted by atomic mass is 19.4. The van der Waals surface area contributed by atoms with E-state index in [1.165, 1.54) is 19.3 Å². The molecule has 0 aliphatic heterocycles. The third-order valence-corrected chi connectivity index (χ3v) is 1.18. The van der Waals surface area contributed by atoms with Gasteiger partial charge in [0.1, 0.15) is 0 Å². The molecule has 0 aliphatic carbocycles. The van der Waals surface area contributed by atoms with Crippen molar-refractivity contribution in [2.24, 2.45) is 0 Å². The quantitative estimate of drug-likeness (QED) is 0.592. The van der Waals surface area contributed by atoms with Crippen molar-refractivity contribution in [2.75, 3.05) is 13.2 Å². The number of nitrogens with zero attached hydrogens (tertiary/aromatic N) is 1. The van der Waals surface area contributed by atoms with Gasteiger partial charge in [0, 0.05) is 0 Å². The summed E-state index contributed by atoms with van der Waals surface area (Å²) in [6, 6.07) is 0. The minimum absolute atomic E-state index is 0.125. The Morgan fingerprint density at radius 1 is 1.19 bits per heavy atom. The molecule has 0 atom stereocenters. The van der Waals surface area contributed by atoms with Crippen LogP contribution in [0.25, 0.3) is 0 Å². The van der Waals surface area contributed by atoms with Crippen LogP contribution in [0, 0.1) is 0 Å². The first-order valence-electron chi connectivity index (χ1n) is 4.30. The molecule has 6 nitrogen and oxygen atoms in total. The number of alkyl halides is 3. The number of hydrogen-bond acceptors (Lipinski definition) is 4. The van der Waals surface area contributed by atoms with Crippen molar-refractivity contribution >= 4 is 12.2 Å². The number of carbonyl (C=O) groups excluding carboxylic acids is 2. The molecule has 9 heteroatoms. The lowest BCUT2D eigenvalue weighted by Crippen LogP contribution is -2.54. The number of ether oxygens (including phenoxy) is 2. The minimum atomic E-state index is -5.08. The summed E-state index contributed by atoms with van der Waals surface area (Å²) >= 11 is 0. The van der Waals surface area contributed by atoms with Gasteiger partial charge in [-0.25, -0.2) is 15.0 Å². The molecule has 0 aromatic rings. The van der Waals surface area contributed by atoms with E-state index in [2.05, 4.69) is 9.47 Å². The third kappa shape index (κ3) is 4.71. The molecular formula is C7H11F3N2O4. The zero-order valence-corrected chi connectivity index (χ0v) is 8.63. The highest BCUT2D eigenvalue weighted by Gasteiger charge is 2.44. The summed E-state index contributed by atoms with van der Waals surface area (Å²) in [7, 11) is 0. The van der Waals surface area contributed by atoms with Gasteiger partial charge in [0.05, 0.1) is 13.2 Å². The van der Waals surface area contributed by atoms with E-state index >= 15 is 0 Å². The first kappa shape index (κ1) is 14.3. The average molecular weight is 244 g/mol. The second-order valence-corrected chi connectivity index (χ2v) is 2.33. The van der Waals surface area contributed by atoms with Crippen LogP contribution in [-0.2, 0) is 9.47 Å². The van der Waals surface area contributed by atoms with Gasteiger partial charge >= 0.3 is 18.5 Å². The van der Waals surface area contributed by atoms with Crippen molar-refractivity contribution in [1.82, 2.24) is 10.4 Å². The van der Waals surface area contributed by atoms with Crippen molar-refractivity contribution in [1.29, 1.82) is 0 Å². The Balaban J connectivity index is 4.57. The maximum atomic E-state index is 12.2. The van der Waals surface area contributed by atoms with Crippen LogP contribution in [0.2, 0.25) is 0 Å². The third-order valence-electron chi connectivity index (χ3n) is 1.18. The smallest absolute Gasteiger partial charge is 0.449 e. The Hall–Kier alpha value is -1.67. The predicted octanol–water partition coefficient (Wildman–Crippen LogP) is 1.63. The van der Waals surface area contributed by atoms with E-state index < -0.39 is 23.5 Å². The SMILES string of the molecule is CCOC(=O)NN(C(=O)OCC)C(F)(F)F. The minimum Gasteiger partial charge on any atom is -0.449 e. The molecule has 0 saturated carbocycles. The summed E-state index contributed by atoms with van der Waals surface area (Å²) in [4.78, 5) is 21.6. The van der Waals surface area contributed by atoms with Gasteiger partial charge in [-0.05, 0) is 13.8 Å². The van der Waals surface area contributed by atoms with Gasteiger partial charge in [0.2, 0.25) is 0 Å². The normalized spacial score (nSPS) is 10.6. The average Bonchev–Trinajstić information content (AvgIpc) is 2.13. The fourth-order valence-electron chi connectivity index (χ4n) is 0.655. The molecule has 0 radical (unpaired) electrons. The molecule has 0 fully saturated rings. The van der Waals surface area contributed by atoms with Gasteiger partial charge in [0.15, 0.2) is 0 Å². The molecule has 0 aromatic heterocycles. The first-order chi connectivity index (χ1) is 7.32. The van der Waals surface area contributed by atoms with Crippen molar-refractivity contribution in [2.45, 2.75) is 20.1 Å². The molecule has 2 amide bonds. The molecule has 0 aliphatic rings. The second-order valence-electron chi connectivity index (χ2n) is 2.33. The monoisotopic (exact) mass is 244 g/mol. The molecule has 0 spiro atoms. The fourth-order valence-corrected chi connectivity index (χ4v) is 0.655. The van der Waals surface area contributed by atoms with Crippen LogP contribution in [-0.4, -0.2) is 36.7 Å². The van der Waals surface area contributed by atoms with E-state index in [-0.39, 0.29) is 13.2 Å². The zero-order valence-electron chi connectivity index (χ0n) is 8.63. The zero-order chi connectivity index (χ0) is 12.8. The predicted molar refractivity (Wildman–Crippen MR) is 45.1 cm³/mol. The Labute approximate surface area is 89.3 Å². The van der Waals surface area contributed by atoms with Crippen molar-refractivity contribution in [3.8, 4) is 0 Å². The Morgan fingerprint density at radius 3 is 2.06 bits per heavy atom. The van der Waals surface area contributed by atoms with Crippen LogP contribution < -0.4 is 5.43 Å². The molecule has 0 saturated heterocycles. The van der Waals surface area contributed by atoms with Gasteiger partial charge in [-0.3, -0.25) is 0 Å². The summed E-state index contributed by atoms with van der Waals surface area (Å²) in [5.74, 6) is 0. The fraction of sp³-hybridized carbons (Fsp3) is 0.714. The van der Waals surface area contributed by atoms with Crippen molar-refractivity contribution < 1.29 is 32.2 Å². The molecule has 0 unspecified atom stereocenters. The summed E-state index contributed by atoms with van der Waals surface area (Å²) in [5, 5.41) is -0.894. The highest BCUT2D eigenvalue weighted by Crippen LogP contribution is 2.19. The molecule has 1 N–H and O–H groups in total. The Morgan fingerprint density at radius 2 is 1.69 bits per heavy atom. The molecule has 0 rings (SSSR count). The van der Waals surface area contributed by atoms with Gasteiger partial charge in [-0.1, -0.05) is 0 Å². The van der Waals surface area contributed by atoms with E-state index in [4.69, 9.17) is 0 Å². The number of halogens is 3. The summed E-state index contributed by atoms with van der Waals surface area (Å²) in [5.41, 5.74) is 1.22. The Bertz CT molecular complexity index is 257. The van der Waals surface area contributed by atoms with Crippen molar-refractivity contribution in [3.05, 3.63) is 0 Å². The van der Waals surface area contributed by atoms with Crippen LogP contribution in [0.4, 0.5) is 22.8 Å². The standard InChI is InChI=1S/C7H11F3N2O4/c1-3-15-5(13)11-12(7(8,9)10)6(14)16-4-2/h3-4H2,1-2H3,(H,11,13). The van der Waals surface area contributed by atoms with Crippen LogP contribution in [0.15, 0.2) is 0 Å². The number of hydrazine groups is 1. The van der Waals surface area contributed by atoms with Crippen LogP contribution in [0.1, 0.15) is 13.8 Å². The van der Waals surface area contributed by atoms with E-state index in [9.17, 15) is 22.8 Å². The summed E-state index contributed by atoms with van der Waals surface area (Å²) in [6.45, 7) is 2.36. The van der Waals surface area contributed by atoms with E-state index in [1.54, 1.807) is 0 Å². The first-order valence-corrected chi connectivity index (χ1v) is 4.30. The number of hydrogen-bond donors (Lipinski definition) is 1. The topological polar surface area (TPSA) is 67.9 Å². The summed E-state index contributed by atoms with van der Waals surface area (Å²) in [6.07, 6.45) is -8.21. The lowest BCUT2D eigenvalue weighted by atomic mass is 10.8. The second kappa shape index (κ2) is 6.03. The van der Waals surface area contributed by atoms with Crippen LogP contribution in [0.3, 0.4) is 0 Å². The molecular weight excluding hydrogens is 233 g/mol. The van der Waals surface area contributed by atoms with E-state index in [0.29, 0.717) is 0 Å². The van der Waals surface area contributed by atoms with Crippen molar-refractivity contribution in [3.63, 3.8) is 0 Å². The molecule has 0 aromatic carbocycles. The maximum absolute atomic E-state index is 12.2. The van der Waals surface area contributed by atoms with E-state index in [1.807, 2.05) is 0 Å². The molecule has 0 bridgehead atoms. The molecule has 16 heavy (non-hydrogen) atoms. The van der Waals surface area contributed by atoms with Gasteiger partial charge in [0.25, 0.3) is 0 Å². The molecule has 0 heterocycles. The van der Waals surface area contributed by atoms with Gasteiger partial charge < -0.3 is 9.47 Å². The highest BCUT2D eigenvalue weighted by molar-refractivity contribution is 5.74. The Kier molecular flexibility index (Phi) is 5.40. The molecule has 94 valence electrons. The lowest BCUT2D eigenvalue weighted by molar-refractivity contribution is -0.243. The van der Waals surface area contributed by atoms with Gasteiger partial charge in [-0.15, -0.1) is 18.2 Å². The summed E-state index contributed by atoms with van der Waals surface area (Å²) < 4.78 is 45.1. The van der Waals surface area contributed by atoms with Gasteiger partial charge in [-0.2, -0.15) is 0 Å². The number of nitrogens with one attached hydrogen (secondary N) is 1. The number of amides is 2. The lowest BCUT2D eigenvalue weighted by Gasteiger charge is -2.23. The number of rotatable bonds is 2. The van der Waals surface area contributed by atoms with Crippen LogP contribution in [0.5, 0.6) is 0 Å². The van der Waals surface area contributed by atoms with E-state index in [0.717, 1.165) is 0 Å². The number of carbonyl (C=O) groups is 2. The largest absolute Gasteiger partial charge is 0.508 e. The maximum Gasteiger partial charge on any atom is 0.508 e. The van der Waals surface area contributed by atoms with Crippen LogP contribution >= 0.6 is 0 Å².